The molecule has 3 heteroatoms. The Kier molecular flexibility index (Phi) is 5.16. The van der Waals surface area contributed by atoms with Gasteiger partial charge in [-0.25, -0.2) is 0 Å². The van der Waals surface area contributed by atoms with Crippen molar-refractivity contribution in [2.24, 2.45) is 5.92 Å². The fourth-order valence-corrected chi connectivity index (χ4v) is 3.28. The third kappa shape index (κ3) is 4.25. The van der Waals surface area contributed by atoms with Gasteiger partial charge in [0.05, 0.1) is 0 Å². The van der Waals surface area contributed by atoms with Gasteiger partial charge in [0.25, 0.3) is 5.91 Å². The van der Waals surface area contributed by atoms with Crippen molar-refractivity contribution < 1.29 is 9.53 Å². The molecular formula is C20H25NO2. The summed E-state index contributed by atoms with van der Waals surface area (Å²) in [6, 6.07) is 14.1. The van der Waals surface area contributed by atoms with Crippen molar-refractivity contribution in [2.75, 3.05) is 6.54 Å². The van der Waals surface area contributed by atoms with Crippen molar-refractivity contribution in [3.05, 3.63) is 42.5 Å². The van der Waals surface area contributed by atoms with Gasteiger partial charge < -0.3 is 10.1 Å². The van der Waals surface area contributed by atoms with E-state index < -0.39 is 6.10 Å². The Labute approximate surface area is 138 Å². The van der Waals surface area contributed by atoms with Gasteiger partial charge in [0.15, 0.2) is 6.10 Å². The van der Waals surface area contributed by atoms with E-state index in [1.54, 1.807) is 0 Å². The summed E-state index contributed by atoms with van der Waals surface area (Å²) in [6.07, 6.45) is 5.93. The van der Waals surface area contributed by atoms with Crippen LogP contribution in [0.5, 0.6) is 5.75 Å². The van der Waals surface area contributed by atoms with Gasteiger partial charge in [-0.1, -0.05) is 49.6 Å². The van der Waals surface area contributed by atoms with E-state index in [0.29, 0.717) is 5.92 Å². The molecule has 1 saturated carbocycles. The number of fused-ring (bicyclic) bond motifs is 1. The second-order valence-corrected chi connectivity index (χ2v) is 6.52. The fraction of sp³-hybridized carbons (Fsp3) is 0.450. The Morgan fingerprint density at radius 1 is 1.13 bits per heavy atom. The second-order valence-electron chi connectivity index (χ2n) is 6.52. The van der Waals surface area contributed by atoms with Crippen LogP contribution < -0.4 is 10.1 Å². The number of nitrogens with one attached hydrogen (secondary N) is 1. The topological polar surface area (TPSA) is 38.3 Å². The van der Waals surface area contributed by atoms with Crippen LogP contribution in [-0.2, 0) is 4.79 Å². The summed E-state index contributed by atoms with van der Waals surface area (Å²) >= 11 is 0. The first kappa shape index (κ1) is 15.9. The van der Waals surface area contributed by atoms with Crippen LogP contribution in [0.25, 0.3) is 10.8 Å². The molecule has 0 aliphatic heterocycles. The summed E-state index contributed by atoms with van der Waals surface area (Å²) < 4.78 is 5.81. The normalized spacial score (nSPS) is 16.9. The van der Waals surface area contributed by atoms with Gasteiger partial charge >= 0.3 is 0 Å². The van der Waals surface area contributed by atoms with Crippen molar-refractivity contribution >= 4 is 16.7 Å². The molecular weight excluding hydrogens is 286 g/mol. The van der Waals surface area contributed by atoms with E-state index in [4.69, 9.17) is 4.74 Å². The molecule has 3 nitrogen and oxygen atoms in total. The molecule has 0 spiro atoms. The van der Waals surface area contributed by atoms with Crippen molar-refractivity contribution in [1.29, 1.82) is 0 Å². The van der Waals surface area contributed by atoms with Crippen molar-refractivity contribution in [1.82, 2.24) is 5.32 Å². The highest BCUT2D eigenvalue weighted by atomic mass is 16.5. The minimum absolute atomic E-state index is 0.0243. The maximum Gasteiger partial charge on any atom is 0.260 e. The van der Waals surface area contributed by atoms with Crippen LogP contribution in [0, 0.1) is 5.92 Å². The minimum atomic E-state index is -0.472. The average Bonchev–Trinajstić information content (AvgIpc) is 2.60. The Morgan fingerprint density at radius 3 is 2.65 bits per heavy atom. The van der Waals surface area contributed by atoms with Crippen LogP contribution in [0.2, 0.25) is 0 Å². The molecule has 1 atom stereocenters. The summed E-state index contributed by atoms with van der Waals surface area (Å²) in [4.78, 5) is 12.2. The molecule has 3 rings (SSSR count). The smallest absolute Gasteiger partial charge is 0.260 e. The molecule has 2 aromatic rings. The first-order valence-electron chi connectivity index (χ1n) is 8.65. The monoisotopic (exact) mass is 311 g/mol. The molecule has 122 valence electrons. The summed E-state index contributed by atoms with van der Waals surface area (Å²) in [5.41, 5.74) is 0. The zero-order valence-electron chi connectivity index (χ0n) is 13.8. The molecule has 0 radical (unpaired) electrons. The van der Waals surface area contributed by atoms with E-state index in [0.717, 1.165) is 17.7 Å². The van der Waals surface area contributed by atoms with Gasteiger partial charge in [-0.3, -0.25) is 4.79 Å². The zero-order chi connectivity index (χ0) is 16.1. The highest BCUT2D eigenvalue weighted by molar-refractivity contribution is 5.84. The van der Waals surface area contributed by atoms with Crippen molar-refractivity contribution in [3.8, 4) is 5.75 Å². The Morgan fingerprint density at radius 2 is 1.87 bits per heavy atom. The Hall–Kier alpha value is -2.03. The maximum atomic E-state index is 12.2. The largest absolute Gasteiger partial charge is 0.481 e. The highest BCUT2D eigenvalue weighted by Crippen LogP contribution is 2.23. The quantitative estimate of drug-likeness (QED) is 0.894. The lowest BCUT2D eigenvalue weighted by atomic mass is 9.89. The predicted octanol–water partition coefficient (Wildman–Crippen LogP) is 4.30. The van der Waals surface area contributed by atoms with Gasteiger partial charge in [0, 0.05) is 6.54 Å². The number of benzene rings is 2. The van der Waals surface area contributed by atoms with E-state index in [1.807, 2.05) is 37.3 Å². The van der Waals surface area contributed by atoms with Crippen LogP contribution in [-0.4, -0.2) is 18.6 Å². The molecule has 0 aromatic heterocycles. The second kappa shape index (κ2) is 7.49. The molecule has 2 aromatic carbocycles. The van der Waals surface area contributed by atoms with Crippen LogP contribution in [0.3, 0.4) is 0 Å². The lowest BCUT2D eigenvalue weighted by Crippen LogP contribution is -2.39. The number of ether oxygens (including phenoxy) is 1. The van der Waals surface area contributed by atoms with E-state index in [-0.39, 0.29) is 5.91 Å². The number of rotatable bonds is 5. The summed E-state index contributed by atoms with van der Waals surface area (Å²) in [5.74, 6) is 1.35. The molecule has 0 bridgehead atoms. The van der Waals surface area contributed by atoms with E-state index in [9.17, 15) is 4.79 Å². The minimum Gasteiger partial charge on any atom is -0.481 e. The van der Waals surface area contributed by atoms with Crippen LogP contribution >= 0.6 is 0 Å². The van der Waals surface area contributed by atoms with Crippen molar-refractivity contribution in [3.63, 3.8) is 0 Å². The number of carbonyl (C=O) groups excluding carboxylic acids is 1. The number of hydrogen-bond donors (Lipinski definition) is 1. The molecule has 0 unspecified atom stereocenters. The molecule has 1 N–H and O–H groups in total. The highest BCUT2D eigenvalue weighted by Gasteiger charge is 2.18. The molecule has 1 amide bonds. The summed E-state index contributed by atoms with van der Waals surface area (Å²) in [7, 11) is 0. The SMILES string of the molecule is C[C@@H](Oc1ccc2ccccc2c1)C(=O)NCC1CCCCC1. The number of amides is 1. The molecule has 1 fully saturated rings. The van der Waals surface area contributed by atoms with Crippen LogP contribution in [0.1, 0.15) is 39.0 Å². The van der Waals surface area contributed by atoms with E-state index >= 15 is 0 Å². The maximum absolute atomic E-state index is 12.2. The third-order valence-corrected chi connectivity index (χ3v) is 4.69. The lowest BCUT2D eigenvalue weighted by Gasteiger charge is -2.23. The van der Waals surface area contributed by atoms with Gasteiger partial charge in [0.2, 0.25) is 0 Å². The molecule has 1 aliphatic rings. The van der Waals surface area contributed by atoms with Gasteiger partial charge in [0.1, 0.15) is 5.75 Å². The first-order chi connectivity index (χ1) is 11.2. The average molecular weight is 311 g/mol. The lowest BCUT2D eigenvalue weighted by molar-refractivity contribution is -0.127. The Balaban J connectivity index is 1.54. The molecule has 23 heavy (non-hydrogen) atoms. The molecule has 0 heterocycles. The standard InChI is InChI=1S/C20H25NO2/c1-15(20(22)21-14-16-7-3-2-4-8-16)23-19-12-11-17-9-5-6-10-18(17)13-19/h5-6,9-13,15-16H,2-4,7-8,14H2,1H3,(H,21,22)/t15-/m1/s1. The van der Waals surface area contributed by atoms with Crippen molar-refractivity contribution in [2.45, 2.75) is 45.1 Å². The molecule has 1 aliphatic carbocycles. The summed E-state index contributed by atoms with van der Waals surface area (Å²) in [5, 5.41) is 5.35. The van der Waals surface area contributed by atoms with E-state index in [1.165, 1.54) is 37.5 Å². The predicted molar refractivity (Wildman–Crippen MR) is 93.6 cm³/mol. The number of hydrogen-bond acceptors (Lipinski definition) is 2. The van der Waals surface area contributed by atoms with Gasteiger partial charge in [-0.2, -0.15) is 0 Å². The van der Waals surface area contributed by atoms with E-state index in [2.05, 4.69) is 17.4 Å². The fourth-order valence-electron chi connectivity index (χ4n) is 3.28. The molecule has 0 saturated heterocycles. The van der Waals surface area contributed by atoms with Crippen LogP contribution in [0.15, 0.2) is 42.5 Å². The number of carbonyl (C=O) groups is 1. The third-order valence-electron chi connectivity index (χ3n) is 4.69. The van der Waals surface area contributed by atoms with Gasteiger partial charge in [-0.15, -0.1) is 0 Å². The zero-order valence-corrected chi connectivity index (χ0v) is 13.8. The Bertz CT molecular complexity index is 661. The first-order valence-corrected chi connectivity index (χ1v) is 8.65. The summed E-state index contributed by atoms with van der Waals surface area (Å²) in [6.45, 7) is 2.59. The van der Waals surface area contributed by atoms with Crippen LogP contribution in [0.4, 0.5) is 0 Å². The van der Waals surface area contributed by atoms with Gasteiger partial charge in [-0.05, 0) is 48.6 Å².